The van der Waals surface area contributed by atoms with Gasteiger partial charge in [-0.3, -0.25) is 9.59 Å². The Morgan fingerprint density at radius 1 is 1.23 bits per heavy atom. The predicted molar refractivity (Wildman–Crippen MR) is 87.3 cm³/mol. The summed E-state index contributed by atoms with van der Waals surface area (Å²) in [7, 11) is 0. The van der Waals surface area contributed by atoms with Gasteiger partial charge in [-0.15, -0.1) is 0 Å². The molecule has 0 bridgehead atoms. The highest BCUT2D eigenvalue weighted by atomic mass is 16.2. The van der Waals surface area contributed by atoms with Crippen molar-refractivity contribution >= 4 is 11.8 Å². The fraction of sp³-hybridized carbons (Fsp3) is 0.556. The maximum atomic E-state index is 12.2. The van der Waals surface area contributed by atoms with Gasteiger partial charge in [0, 0.05) is 19.5 Å². The predicted octanol–water partition coefficient (Wildman–Crippen LogP) is 2.79. The van der Waals surface area contributed by atoms with Crippen molar-refractivity contribution in [3.05, 3.63) is 35.4 Å². The summed E-state index contributed by atoms with van der Waals surface area (Å²) in [4.78, 5) is 25.6. The summed E-state index contributed by atoms with van der Waals surface area (Å²) in [6, 6.07) is 8.33. The second kappa shape index (κ2) is 7.97. The first kappa shape index (κ1) is 16.5. The Hall–Kier alpha value is -1.84. The smallest absolute Gasteiger partial charge is 0.239 e. The van der Waals surface area contributed by atoms with Crippen LogP contribution in [0.2, 0.25) is 0 Å². The molecule has 1 saturated carbocycles. The third-order valence-electron chi connectivity index (χ3n) is 4.21. The zero-order valence-corrected chi connectivity index (χ0v) is 13.6. The number of amides is 2. The topological polar surface area (TPSA) is 49.4 Å². The quantitative estimate of drug-likeness (QED) is 0.909. The number of carbonyl (C=O) groups is 2. The number of rotatable bonds is 5. The van der Waals surface area contributed by atoms with Crippen LogP contribution in [-0.2, 0) is 16.1 Å². The lowest BCUT2D eigenvalue weighted by atomic mass is 9.95. The summed E-state index contributed by atoms with van der Waals surface area (Å²) in [5.41, 5.74) is 2.22. The summed E-state index contributed by atoms with van der Waals surface area (Å²) in [5.74, 6) is -0.116. The molecular formula is C18H26N2O2. The second-order valence-electron chi connectivity index (χ2n) is 6.27. The minimum absolute atomic E-state index is 0.0465. The van der Waals surface area contributed by atoms with Gasteiger partial charge < -0.3 is 10.2 Å². The molecule has 22 heavy (non-hydrogen) atoms. The zero-order chi connectivity index (χ0) is 15.9. The van der Waals surface area contributed by atoms with Gasteiger partial charge in [-0.2, -0.15) is 0 Å². The monoisotopic (exact) mass is 302 g/mol. The second-order valence-corrected chi connectivity index (χ2v) is 6.27. The Balaban J connectivity index is 1.90. The Morgan fingerprint density at radius 3 is 2.59 bits per heavy atom. The molecule has 0 heterocycles. The van der Waals surface area contributed by atoms with Gasteiger partial charge in [0.25, 0.3) is 0 Å². The number of hydrogen-bond donors (Lipinski definition) is 1. The summed E-state index contributed by atoms with van der Waals surface area (Å²) in [6.45, 7) is 4.16. The van der Waals surface area contributed by atoms with Crippen LogP contribution in [-0.4, -0.2) is 29.3 Å². The van der Waals surface area contributed by atoms with Crippen molar-refractivity contribution in [2.75, 3.05) is 6.54 Å². The third-order valence-corrected chi connectivity index (χ3v) is 4.21. The summed E-state index contributed by atoms with van der Waals surface area (Å²) < 4.78 is 0. The lowest BCUT2D eigenvalue weighted by molar-refractivity contribution is -0.135. The molecule has 1 N–H and O–H groups in total. The third kappa shape index (κ3) is 5.17. The lowest BCUT2D eigenvalue weighted by Crippen LogP contribution is -2.43. The number of aryl methyl sites for hydroxylation is 1. The van der Waals surface area contributed by atoms with Crippen molar-refractivity contribution < 1.29 is 9.59 Å². The van der Waals surface area contributed by atoms with Crippen molar-refractivity contribution in [2.24, 2.45) is 0 Å². The lowest BCUT2D eigenvalue weighted by Gasteiger charge is -2.25. The van der Waals surface area contributed by atoms with E-state index in [2.05, 4.69) is 11.4 Å². The van der Waals surface area contributed by atoms with Crippen molar-refractivity contribution in [1.29, 1.82) is 0 Å². The molecule has 1 aromatic carbocycles. The van der Waals surface area contributed by atoms with E-state index in [4.69, 9.17) is 0 Å². The van der Waals surface area contributed by atoms with Crippen molar-refractivity contribution in [1.82, 2.24) is 10.2 Å². The molecule has 2 amide bonds. The largest absolute Gasteiger partial charge is 0.352 e. The molecule has 0 aromatic heterocycles. The Morgan fingerprint density at radius 2 is 1.95 bits per heavy atom. The maximum absolute atomic E-state index is 12.2. The minimum atomic E-state index is -0.0692. The average Bonchev–Trinajstić information content (AvgIpc) is 2.47. The van der Waals surface area contributed by atoms with E-state index in [1.54, 1.807) is 4.90 Å². The van der Waals surface area contributed by atoms with Crippen LogP contribution in [0, 0.1) is 6.92 Å². The van der Waals surface area contributed by atoms with Gasteiger partial charge in [0.2, 0.25) is 11.8 Å². The van der Waals surface area contributed by atoms with E-state index < -0.39 is 0 Å². The van der Waals surface area contributed by atoms with E-state index >= 15 is 0 Å². The normalized spacial score (nSPS) is 15.4. The van der Waals surface area contributed by atoms with Crippen LogP contribution in [0.25, 0.3) is 0 Å². The van der Waals surface area contributed by atoms with Gasteiger partial charge in [0.1, 0.15) is 0 Å². The van der Waals surface area contributed by atoms with E-state index in [1.807, 2.05) is 25.1 Å². The molecule has 0 unspecified atom stereocenters. The van der Waals surface area contributed by atoms with Crippen LogP contribution in [0.1, 0.15) is 50.2 Å². The summed E-state index contributed by atoms with van der Waals surface area (Å²) >= 11 is 0. The molecule has 0 saturated heterocycles. The molecule has 1 aliphatic carbocycles. The van der Waals surface area contributed by atoms with Gasteiger partial charge in [0.05, 0.1) is 6.54 Å². The first-order valence-electron chi connectivity index (χ1n) is 8.15. The molecule has 4 nitrogen and oxygen atoms in total. The van der Waals surface area contributed by atoms with Gasteiger partial charge in [0.15, 0.2) is 0 Å². The molecule has 0 spiro atoms. The highest BCUT2D eigenvalue weighted by Crippen LogP contribution is 2.17. The summed E-state index contributed by atoms with van der Waals surface area (Å²) in [6.07, 6.45) is 5.75. The van der Waals surface area contributed by atoms with Crippen LogP contribution in [0.3, 0.4) is 0 Å². The Kier molecular flexibility index (Phi) is 5.99. The van der Waals surface area contributed by atoms with E-state index in [1.165, 1.54) is 26.2 Å². The first-order chi connectivity index (χ1) is 10.5. The molecule has 1 fully saturated rings. The van der Waals surface area contributed by atoms with Crippen molar-refractivity contribution in [3.63, 3.8) is 0 Å². The van der Waals surface area contributed by atoms with Crippen LogP contribution in [0.4, 0.5) is 0 Å². The van der Waals surface area contributed by atoms with E-state index in [-0.39, 0.29) is 24.4 Å². The number of hydrogen-bond acceptors (Lipinski definition) is 2. The average molecular weight is 302 g/mol. The van der Waals surface area contributed by atoms with Gasteiger partial charge in [-0.1, -0.05) is 49.1 Å². The molecule has 2 rings (SSSR count). The van der Waals surface area contributed by atoms with Crippen LogP contribution >= 0.6 is 0 Å². The fourth-order valence-electron chi connectivity index (χ4n) is 3.00. The molecule has 0 aliphatic heterocycles. The van der Waals surface area contributed by atoms with E-state index in [0.29, 0.717) is 6.54 Å². The Labute approximate surface area is 132 Å². The van der Waals surface area contributed by atoms with Crippen LogP contribution < -0.4 is 5.32 Å². The zero-order valence-electron chi connectivity index (χ0n) is 13.6. The molecule has 0 atom stereocenters. The molecule has 120 valence electrons. The van der Waals surface area contributed by atoms with Gasteiger partial charge >= 0.3 is 0 Å². The number of nitrogens with one attached hydrogen (secondary N) is 1. The SMILES string of the molecule is CC(=O)N(CC(=O)NC1CCCCC1)Cc1cccc(C)c1. The van der Waals surface area contributed by atoms with E-state index in [0.717, 1.165) is 24.0 Å². The van der Waals surface area contributed by atoms with Gasteiger partial charge in [-0.25, -0.2) is 0 Å². The molecular weight excluding hydrogens is 276 g/mol. The van der Waals surface area contributed by atoms with Crippen molar-refractivity contribution in [3.8, 4) is 0 Å². The number of nitrogens with zero attached hydrogens (tertiary/aromatic N) is 1. The van der Waals surface area contributed by atoms with E-state index in [9.17, 15) is 9.59 Å². The van der Waals surface area contributed by atoms with Crippen LogP contribution in [0.15, 0.2) is 24.3 Å². The first-order valence-corrected chi connectivity index (χ1v) is 8.15. The number of benzene rings is 1. The number of carbonyl (C=O) groups excluding carboxylic acids is 2. The molecule has 0 radical (unpaired) electrons. The molecule has 1 aromatic rings. The molecule has 1 aliphatic rings. The minimum Gasteiger partial charge on any atom is -0.352 e. The van der Waals surface area contributed by atoms with Gasteiger partial charge in [-0.05, 0) is 25.3 Å². The summed E-state index contributed by atoms with van der Waals surface area (Å²) in [5, 5.41) is 3.07. The highest BCUT2D eigenvalue weighted by Gasteiger charge is 2.19. The molecule has 4 heteroatoms. The fourth-order valence-corrected chi connectivity index (χ4v) is 3.00. The van der Waals surface area contributed by atoms with Crippen molar-refractivity contribution in [2.45, 2.75) is 58.5 Å². The Bertz CT molecular complexity index is 522. The van der Waals surface area contributed by atoms with Crippen LogP contribution in [0.5, 0.6) is 0 Å². The maximum Gasteiger partial charge on any atom is 0.239 e. The standard InChI is InChI=1S/C18H26N2O2/c1-14-7-6-8-16(11-14)12-20(15(2)21)13-18(22)19-17-9-4-3-5-10-17/h6-8,11,17H,3-5,9-10,12-13H2,1-2H3,(H,19,22). The highest BCUT2D eigenvalue weighted by molar-refractivity contribution is 5.83.